The SMILES string of the molecule is O=C(OCc1ccccc1)c1ccccc1/C=N\c1ccccc1I. The van der Waals surface area contributed by atoms with E-state index in [1.54, 1.807) is 12.3 Å². The van der Waals surface area contributed by atoms with Crippen molar-refractivity contribution in [3.05, 3.63) is 99.1 Å². The summed E-state index contributed by atoms with van der Waals surface area (Å²) in [6, 6.07) is 24.8. The van der Waals surface area contributed by atoms with Gasteiger partial charge in [-0.25, -0.2) is 4.79 Å². The molecule has 0 saturated heterocycles. The van der Waals surface area contributed by atoms with Crippen molar-refractivity contribution in [2.75, 3.05) is 0 Å². The molecule has 0 aliphatic heterocycles. The van der Waals surface area contributed by atoms with Crippen molar-refractivity contribution in [3.8, 4) is 0 Å². The Balaban J connectivity index is 1.76. The maximum atomic E-state index is 12.4. The van der Waals surface area contributed by atoms with Crippen LogP contribution >= 0.6 is 22.6 Å². The van der Waals surface area contributed by atoms with E-state index in [1.807, 2.05) is 72.8 Å². The first-order valence-electron chi connectivity index (χ1n) is 7.83. The van der Waals surface area contributed by atoms with Gasteiger partial charge in [-0.05, 0) is 46.4 Å². The Morgan fingerprint density at radius 2 is 1.60 bits per heavy atom. The van der Waals surface area contributed by atoms with Crippen molar-refractivity contribution in [2.24, 2.45) is 4.99 Å². The van der Waals surface area contributed by atoms with Gasteiger partial charge in [-0.1, -0.05) is 60.7 Å². The first kappa shape index (κ1) is 17.4. The third kappa shape index (κ3) is 4.76. The topological polar surface area (TPSA) is 38.7 Å². The van der Waals surface area contributed by atoms with Gasteiger partial charge in [0.25, 0.3) is 0 Å². The largest absolute Gasteiger partial charge is 0.457 e. The number of benzene rings is 3. The van der Waals surface area contributed by atoms with Crippen LogP contribution in [0.2, 0.25) is 0 Å². The number of ether oxygens (including phenoxy) is 1. The van der Waals surface area contributed by atoms with E-state index in [0.29, 0.717) is 5.56 Å². The van der Waals surface area contributed by atoms with Crippen LogP contribution in [0.25, 0.3) is 0 Å². The third-order valence-corrected chi connectivity index (χ3v) is 4.50. The molecular formula is C21H16INO2. The molecule has 3 aromatic rings. The summed E-state index contributed by atoms with van der Waals surface area (Å²) in [7, 11) is 0. The van der Waals surface area contributed by atoms with Gasteiger partial charge in [-0.2, -0.15) is 0 Å². The molecule has 124 valence electrons. The van der Waals surface area contributed by atoms with Gasteiger partial charge in [0.15, 0.2) is 0 Å². The fraction of sp³-hybridized carbons (Fsp3) is 0.0476. The summed E-state index contributed by atoms with van der Waals surface area (Å²) in [6.45, 7) is 0.252. The Morgan fingerprint density at radius 1 is 0.920 bits per heavy atom. The maximum Gasteiger partial charge on any atom is 0.339 e. The Labute approximate surface area is 160 Å². The number of rotatable bonds is 5. The number of halogens is 1. The minimum Gasteiger partial charge on any atom is -0.457 e. The minimum atomic E-state index is -0.353. The monoisotopic (exact) mass is 441 g/mol. The van der Waals surface area contributed by atoms with Crippen molar-refractivity contribution in [2.45, 2.75) is 6.61 Å². The van der Waals surface area contributed by atoms with Crippen LogP contribution in [-0.4, -0.2) is 12.2 Å². The Kier molecular flexibility index (Phi) is 5.95. The number of aliphatic imine (C=N–C) groups is 1. The summed E-state index contributed by atoms with van der Waals surface area (Å²) in [5.74, 6) is -0.353. The van der Waals surface area contributed by atoms with Gasteiger partial charge >= 0.3 is 5.97 Å². The summed E-state index contributed by atoms with van der Waals surface area (Å²) < 4.78 is 6.48. The molecule has 3 rings (SSSR count). The van der Waals surface area contributed by atoms with E-state index in [1.165, 1.54) is 0 Å². The average Bonchev–Trinajstić information content (AvgIpc) is 2.66. The van der Waals surface area contributed by atoms with Gasteiger partial charge in [0, 0.05) is 15.3 Å². The van der Waals surface area contributed by atoms with Crippen LogP contribution in [0.4, 0.5) is 5.69 Å². The molecule has 0 spiro atoms. The highest BCUT2D eigenvalue weighted by molar-refractivity contribution is 14.1. The van der Waals surface area contributed by atoms with Crippen LogP contribution in [0.3, 0.4) is 0 Å². The van der Waals surface area contributed by atoms with Crippen molar-refractivity contribution < 1.29 is 9.53 Å². The highest BCUT2D eigenvalue weighted by Crippen LogP contribution is 2.20. The molecule has 25 heavy (non-hydrogen) atoms. The normalized spacial score (nSPS) is 10.8. The number of carbonyl (C=O) groups is 1. The summed E-state index contributed by atoms with van der Waals surface area (Å²) >= 11 is 2.24. The molecular weight excluding hydrogens is 425 g/mol. The smallest absolute Gasteiger partial charge is 0.339 e. The second-order valence-corrected chi connectivity index (χ2v) is 6.52. The molecule has 0 amide bonds. The zero-order valence-electron chi connectivity index (χ0n) is 13.4. The maximum absolute atomic E-state index is 12.4. The van der Waals surface area contributed by atoms with E-state index in [2.05, 4.69) is 27.6 Å². The molecule has 0 aliphatic rings. The molecule has 3 nitrogen and oxygen atoms in total. The molecule has 0 heterocycles. The predicted molar refractivity (Wildman–Crippen MR) is 108 cm³/mol. The van der Waals surface area contributed by atoms with E-state index < -0.39 is 0 Å². The van der Waals surface area contributed by atoms with Gasteiger partial charge in [0.2, 0.25) is 0 Å². The molecule has 4 heteroatoms. The van der Waals surface area contributed by atoms with Crippen molar-refractivity contribution in [1.82, 2.24) is 0 Å². The van der Waals surface area contributed by atoms with Crippen LogP contribution in [0, 0.1) is 3.57 Å². The van der Waals surface area contributed by atoms with E-state index in [0.717, 1.165) is 20.4 Å². The van der Waals surface area contributed by atoms with Gasteiger partial charge in [-0.15, -0.1) is 0 Å². The van der Waals surface area contributed by atoms with Crippen molar-refractivity contribution in [3.63, 3.8) is 0 Å². The molecule has 0 unspecified atom stereocenters. The number of hydrogen-bond donors (Lipinski definition) is 0. The number of para-hydroxylation sites is 1. The quantitative estimate of drug-likeness (QED) is 0.302. The second-order valence-electron chi connectivity index (χ2n) is 5.36. The first-order valence-corrected chi connectivity index (χ1v) is 8.90. The second kappa shape index (κ2) is 8.58. The fourth-order valence-electron chi connectivity index (χ4n) is 2.29. The van der Waals surface area contributed by atoms with Gasteiger partial charge in [0.1, 0.15) is 6.61 Å². The number of carbonyl (C=O) groups excluding carboxylic acids is 1. The molecule has 0 radical (unpaired) electrons. The Hall–Kier alpha value is -2.47. The number of esters is 1. The summed E-state index contributed by atoms with van der Waals surface area (Å²) in [6.07, 6.45) is 1.70. The molecule has 0 atom stereocenters. The lowest BCUT2D eigenvalue weighted by atomic mass is 10.1. The van der Waals surface area contributed by atoms with Gasteiger partial charge in [0.05, 0.1) is 11.3 Å². The Bertz CT molecular complexity index is 891. The van der Waals surface area contributed by atoms with Crippen molar-refractivity contribution >= 4 is 40.5 Å². The summed E-state index contributed by atoms with van der Waals surface area (Å²) in [5.41, 5.74) is 3.07. The van der Waals surface area contributed by atoms with Crippen molar-refractivity contribution in [1.29, 1.82) is 0 Å². The molecule has 0 bridgehead atoms. The highest BCUT2D eigenvalue weighted by Gasteiger charge is 2.11. The Morgan fingerprint density at radius 3 is 2.40 bits per heavy atom. The lowest BCUT2D eigenvalue weighted by molar-refractivity contribution is 0.0472. The van der Waals surface area contributed by atoms with E-state index in [-0.39, 0.29) is 12.6 Å². The van der Waals surface area contributed by atoms with Crippen LogP contribution < -0.4 is 0 Å². The summed E-state index contributed by atoms with van der Waals surface area (Å²) in [4.78, 5) is 16.9. The first-order chi connectivity index (χ1) is 12.2. The molecule has 0 saturated carbocycles. The predicted octanol–water partition coefficient (Wildman–Crippen LogP) is 5.40. The average molecular weight is 441 g/mol. The zero-order valence-corrected chi connectivity index (χ0v) is 15.6. The minimum absolute atomic E-state index is 0.252. The van der Waals surface area contributed by atoms with E-state index in [4.69, 9.17) is 4.74 Å². The standard InChI is InChI=1S/C21H16INO2/c22-19-12-6-7-13-20(19)23-14-17-10-4-5-11-18(17)21(24)25-15-16-8-2-1-3-9-16/h1-14H,15H2/b23-14-. The molecule has 0 fully saturated rings. The van der Waals surface area contributed by atoms with Crippen LogP contribution in [0.15, 0.2) is 83.9 Å². The third-order valence-electron chi connectivity index (χ3n) is 3.59. The number of nitrogens with zero attached hydrogens (tertiary/aromatic N) is 1. The molecule has 0 aromatic heterocycles. The van der Waals surface area contributed by atoms with E-state index in [9.17, 15) is 4.79 Å². The molecule has 0 aliphatic carbocycles. The van der Waals surface area contributed by atoms with E-state index >= 15 is 0 Å². The van der Waals surface area contributed by atoms with Crippen LogP contribution in [-0.2, 0) is 11.3 Å². The highest BCUT2D eigenvalue weighted by atomic mass is 127. The number of hydrogen-bond acceptors (Lipinski definition) is 3. The zero-order chi connectivity index (χ0) is 17.5. The van der Waals surface area contributed by atoms with Crippen LogP contribution in [0.1, 0.15) is 21.5 Å². The van der Waals surface area contributed by atoms with Gasteiger partial charge < -0.3 is 4.74 Å². The summed E-state index contributed by atoms with van der Waals surface area (Å²) in [5, 5.41) is 0. The fourth-order valence-corrected chi connectivity index (χ4v) is 2.82. The molecule has 0 N–H and O–H groups in total. The lowest BCUT2D eigenvalue weighted by Crippen LogP contribution is -2.08. The van der Waals surface area contributed by atoms with Gasteiger partial charge in [-0.3, -0.25) is 4.99 Å². The molecule has 3 aromatic carbocycles. The lowest BCUT2D eigenvalue weighted by Gasteiger charge is -2.07. The van der Waals surface area contributed by atoms with Crippen LogP contribution in [0.5, 0.6) is 0 Å².